The molecule has 38 heavy (non-hydrogen) atoms. The molecule has 3 N–H and O–H groups in total. The van der Waals surface area contributed by atoms with Gasteiger partial charge in [0.15, 0.2) is 0 Å². The molecular weight excluding hydrogens is 492 g/mol. The third kappa shape index (κ3) is 6.39. The quantitative estimate of drug-likeness (QED) is 0.455. The van der Waals surface area contributed by atoms with Crippen LogP contribution in [0.2, 0.25) is 0 Å². The normalized spacial score (nSPS) is 22.6. The third-order valence-electron chi connectivity index (χ3n) is 7.75. The summed E-state index contributed by atoms with van der Waals surface area (Å²) in [7, 11) is 0. The zero-order valence-electron chi connectivity index (χ0n) is 22.4. The first-order valence-electron chi connectivity index (χ1n) is 13.5. The van der Waals surface area contributed by atoms with Crippen LogP contribution in [-0.2, 0) is 14.4 Å². The molecule has 2 aromatic rings. The Morgan fingerprint density at radius 3 is 2.58 bits per heavy atom. The van der Waals surface area contributed by atoms with Gasteiger partial charge in [-0.05, 0) is 63.5 Å². The van der Waals surface area contributed by atoms with Crippen molar-refractivity contribution < 1.29 is 23.2 Å². The van der Waals surface area contributed by atoms with E-state index in [1.165, 1.54) is 12.3 Å². The molecule has 1 aliphatic heterocycles. The number of halogens is 2. The summed E-state index contributed by atoms with van der Waals surface area (Å²) in [4.78, 5) is 48.4. The van der Waals surface area contributed by atoms with Gasteiger partial charge in [-0.2, -0.15) is 0 Å². The summed E-state index contributed by atoms with van der Waals surface area (Å²) in [6, 6.07) is 1.71. The van der Waals surface area contributed by atoms with Crippen molar-refractivity contribution >= 4 is 17.7 Å². The van der Waals surface area contributed by atoms with E-state index in [0.717, 1.165) is 37.8 Å². The van der Waals surface area contributed by atoms with Gasteiger partial charge >= 0.3 is 0 Å². The van der Waals surface area contributed by atoms with Crippen molar-refractivity contribution in [3.8, 4) is 11.3 Å². The lowest BCUT2D eigenvalue weighted by atomic mass is 10.0. The van der Waals surface area contributed by atoms with Gasteiger partial charge in [0.25, 0.3) is 0 Å². The summed E-state index contributed by atoms with van der Waals surface area (Å²) in [5, 5.41) is 5.67. The SMILES string of the molecule is CC(C)C1CC1C(=O)N[C@@H](CC(=O)N1CCCC[C@@H]1C)C(=O)N[C@@H](C)c1ncc(-c2ccc(F)cc2F)[nH]1. The van der Waals surface area contributed by atoms with Gasteiger partial charge in [0.2, 0.25) is 17.7 Å². The molecule has 0 radical (unpaired) electrons. The molecule has 2 unspecified atom stereocenters. The summed E-state index contributed by atoms with van der Waals surface area (Å²) in [5.41, 5.74) is 0.491. The van der Waals surface area contributed by atoms with Crippen LogP contribution >= 0.6 is 0 Å². The summed E-state index contributed by atoms with van der Waals surface area (Å²) >= 11 is 0. The van der Waals surface area contributed by atoms with Crippen molar-refractivity contribution in [1.29, 1.82) is 0 Å². The number of carbonyl (C=O) groups is 3. The summed E-state index contributed by atoms with van der Waals surface area (Å²) in [6.45, 7) is 8.49. The van der Waals surface area contributed by atoms with Gasteiger partial charge in [-0.1, -0.05) is 13.8 Å². The van der Waals surface area contributed by atoms with Gasteiger partial charge in [0.05, 0.1) is 24.4 Å². The predicted molar refractivity (Wildman–Crippen MR) is 139 cm³/mol. The number of aromatic amines is 1. The van der Waals surface area contributed by atoms with E-state index in [9.17, 15) is 23.2 Å². The van der Waals surface area contributed by atoms with Gasteiger partial charge in [0.1, 0.15) is 23.5 Å². The standard InChI is InChI=1S/C28H37F2N5O3/c1-15(2)20-12-21(20)27(37)34-23(13-25(36)35-10-6-5-7-16(35)3)28(38)32-17(4)26-31-14-24(33-26)19-9-8-18(29)11-22(19)30/h8-9,11,14-17,20-21,23H,5-7,10,12-13H2,1-4H3,(H,31,33)(H,32,38)(H,34,37)/t16-,17-,20?,21?,23-/m0/s1. The molecular formula is C28H37F2N5O3. The molecule has 0 spiro atoms. The van der Waals surface area contributed by atoms with Crippen molar-refractivity contribution in [2.24, 2.45) is 17.8 Å². The molecule has 8 nitrogen and oxygen atoms in total. The van der Waals surface area contributed by atoms with Crippen molar-refractivity contribution in [2.75, 3.05) is 6.54 Å². The molecule has 2 fully saturated rings. The molecule has 1 saturated heterocycles. The molecule has 2 aliphatic rings. The predicted octanol–water partition coefficient (Wildman–Crippen LogP) is 4.10. The molecule has 1 saturated carbocycles. The van der Waals surface area contributed by atoms with Crippen LogP contribution in [0.4, 0.5) is 8.78 Å². The smallest absolute Gasteiger partial charge is 0.243 e. The van der Waals surface area contributed by atoms with Crippen LogP contribution in [-0.4, -0.2) is 51.2 Å². The Hall–Kier alpha value is -3.30. The third-order valence-corrected chi connectivity index (χ3v) is 7.75. The summed E-state index contributed by atoms with van der Waals surface area (Å²) in [5.74, 6) is -1.40. The Balaban J connectivity index is 1.45. The number of H-pyrrole nitrogens is 1. The first-order chi connectivity index (χ1) is 18.0. The highest BCUT2D eigenvalue weighted by Gasteiger charge is 2.45. The highest BCUT2D eigenvalue weighted by Crippen LogP contribution is 2.44. The first kappa shape index (κ1) is 27.7. The van der Waals surface area contributed by atoms with Crippen molar-refractivity contribution in [2.45, 2.75) is 77.9 Å². The largest absolute Gasteiger partial charge is 0.345 e. The summed E-state index contributed by atoms with van der Waals surface area (Å²) in [6.07, 6.45) is 4.96. The van der Waals surface area contributed by atoms with E-state index in [-0.39, 0.29) is 41.7 Å². The molecule has 10 heteroatoms. The molecule has 2 heterocycles. The molecule has 5 atom stereocenters. The Bertz CT molecular complexity index is 1180. The van der Waals surface area contributed by atoms with Crippen molar-refractivity contribution in [3.63, 3.8) is 0 Å². The van der Waals surface area contributed by atoms with Gasteiger partial charge in [0, 0.05) is 30.1 Å². The second-order valence-electron chi connectivity index (χ2n) is 11.0. The first-order valence-corrected chi connectivity index (χ1v) is 13.5. The Morgan fingerprint density at radius 2 is 1.92 bits per heavy atom. The molecule has 206 valence electrons. The van der Waals surface area contributed by atoms with E-state index in [4.69, 9.17) is 0 Å². The fraction of sp³-hybridized carbons (Fsp3) is 0.571. The number of nitrogens with zero attached hydrogens (tertiary/aromatic N) is 2. The van der Waals surface area contributed by atoms with Gasteiger partial charge < -0.3 is 20.5 Å². The number of rotatable bonds is 9. The highest BCUT2D eigenvalue weighted by molar-refractivity contribution is 5.93. The van der Waals surface area contributed by atoms with Gasteiger partial charge in [-0.25, -0.2) is 13.8 Å². The van der Waals surface area contributed by atoms with Gasteiger partial charge in [-0.15, -0.1) is 0 Å². The number of imidazole rings is 1. The maximum atomic E-state index is 14.2. The Morgan fingerprint density at radius 1 is 1.16 bits per heavy atom. The molecule has 1 aromatic carbocycles. The van der Waals surface area contributed by atoms with Crippen LogP contribution in [0, 0.1) is 29.4 Å². The Labute approximate surface area is 222 Å². The lowest BCUT2D eigenvalue weighted by Gasteiger charge is -2.34. The number of nitrogens with one attached hydrogen (secondary N) is 3. The van der Waals surface area contributed by atoms with Crippen LogP contribution in [0.5, 0.6) is 0 Å². The van der Waals surface area contributed by atoms with E-state index in [1.54, 1.807) is 11.8 Å². The van der Waals surface area contributed by atoms with Crippen LogP contribution in [0.25, 0.3) is 11.3 Å². The lowest BCUT2D eigenvalue weighted by molar-refractivity contribution is -0.138. The van der Waals surface area contributed by atoms with E-state index in [1.807, 2.05) is 6.92 Å². The number of hydrogen-bond donors (Lipinski definition) is 3. The molecule has 1 aliphatic carbocycles. The van der Waals surface area contributed by atoms with Crippen LogP contribution in [0.3, 0.4) is 0 Å². The number of likely N-dealkylation sites (tertiary alicyclic amines) is 1. The maximum absolute atomic E-state index is 14.2. The number of amides is 3. The minimum absolute atomic E-state index is 0.0942. The molecule has 4 rings (SSSR count). The average molecular weight is 530 g/mol. The fourth-order valence-electron chi connectivity index (χ4n) is 5.29. The highest BCUT2D eigenvalue weighted by atomic mass is 19.1. The fourth-order valence-corrected chi connectivity index (χ4v) is 5.29. The number of benzene rings is 1. The monoisotopic (exact) mass is 529 g/mol. The second kappa shape index (κ2) is 11.6. The minimum Gasteiger partial charge on any atom is -0.345 e. The van der Waals surface area contributed by atoms with Crippen molar-refractivity contribution in [3.05, 3.63) is 41.9 Å². The molecule has 0 bridgehead atoms. The minimum atomic E-state index is -1.02. The molecule has 3 amide bonds. The van der Waals surface area contributed by atoms with Gasteiger partial charge in [-0.3, -0.25) is 14.4 Å². The average Bonchev–Trinajstić information content (AvgIpc) is 3.53. The maximum Gasteiger partial charge on any atom is 0.243 e. The zero-order valence-corrected chi connectivity index (χ0v) is 22.4. The van der Waals surface area contributed by atoms with E-state index in [2.05, 4.69) is 34.4 Å². The van der Waals surface area contributed by atoms with E-state index < -0.39 is 29.6 Å². The topological polar surface area (TPSA) is 107 Å². The summed E-state index contributed by atoms with van der Waals surface area (Å²) < 4.78 is 27.5. The van der Waals surface area contributed by atoms with E-state index in [0.29, 0.717) is 24.0 Å². The van der Waals surface area contributed by atoms with Crippen LogP contribution in [0.1, 0.15) is 71.7 Å². The number of aromatic nitrogens is 2. The van der Waals surface area contributed by atoms with Crippen LogP contribution in [0.15, 0.2) is 24.4 Å². The number of hydrogen-bond acceptors (Lipinski definition) is 4. The number of piperidine rings is 1. The number of carbonyl (C=O) groups excluding carboxylic acids is 3. The second-order valence-corrected chi connectivity index (χ2v) is 11.0. The van der Waals surface area contributed by atoms with E-state index >= 15 is 0 Å². The lowest BCUT2D eigenvalue weighted by Crippen LogP contribution is -2.52. The molecule has 1 aromatic heterocycles. The van der Waals surface area contributed by atoms with Crippen molar-refractivity contribution in [1.82, 2.24) is 25.5 Å². The zero-order chi connectivity index (χ0) is 27.6. The van der Waals surface area contributed by atoms with Crippen LogP contribution < -0.4 is 10.6 Å². The Kier molecular flexibility index (Phi) is 8.47.